The number of rotatable bonds is 5. The Balaban J connectivity index is 1.69. The second-order valence-electron chi connectivity index (χ2n) is 7.09. The van der Waals surface area contributed by atoms with Gasteiger partial charge in [-0.15, -0.1) is 0 Å². The van der Waals surface area contributed by atoms with Crippen LogP contribution in [0, 0.1) is 0 Å². The van der Waals surface area contributed by atoms with Crippen LogP contribution in [0.15, 0.2) is 54.1 Å². The largest absolute Gasteiger partial charge is 0.508 e. The minimum absolute atomic E-state index is 0.190. The molecule has 1 fully saturated rings. The molecule has 0 bridgehead atoms. The second kappa shape index (κ2) is 7.65. The molecule has 2 aromatic rings. The molecule has 0 radical (unpaired) electrons. The van der Waals surface area contributed by atoms with Crippen molar-refractivity contribution in [1.82, 2.24) is 0 Å². The summed E-state index contributed by atoms with van der Waals surface area (Å²) in [5.41, 5.74) is 3.86. The summed E-state index contributed by atoms with van der Waals surface area (Å²) in [6, 6.07) is 12.4. The van der Waals surface area contributed by atoms with Gasteiger partial charge in [-0.1, -0.05) is 35.9 Å². The smallest absolute Gasteiger partial charge is 0.313 e. The van der Waals surface area contributed by atoms with Gasteiger partial charge in [0.15, 0.2) is 0 Å². The fourth-order valence-electron chi connectivity index (χ4n) is 3.23. The number of esters is 1. The van der Waals surface area contributed by atoms with Crippen LogP contribution in [0.3, 0.4) is 0 Å². The monoisotopic (exact) mass is 352 g/mol. The van der Waals surface area contributed by atoms with E-state index in [1.807, 2.05) is 38.1 Å². The van der Waals surface area contributed by atoms with Crippen LogP contribution >= 0.6 is 0 Å². The van der Waals surface area contributed by atoms with Gasteiger partial charge in [0.1, 0.15) is 17.6 Å². The third-order valence-corrected chi connectivity index (χ3v) is 4.71. The number of carbonyl (C=O) groups excluding carboxylic acids is 1. The third-order valence-electron chi connectivity index (χ3n) is 4.71. The van der Waals surface area contributed by atoms with Gasteiger partial charge in [-0.25, -0.2) is 0 Å². The lowest BCUT2D eigenvalue weighted by Gasteiger charge is -2.10. The number of phenolic OH excluding ortho intramolecular Hbond substituents is 2. The molecule has 2 N–H and O–H groups in total. The quantitative estimate of drug-likeness (QED) is 0.624. The number of carbonyl (C=O) groups is 1. The van der Waals surface area contributed by atoms with Crippen molar-refractivity contribution < 1.29 is 19.7 Å². The Morgan fingerprint density at radius 1 is 1.15 bits per heavy atom. The third kappa shape index (κ3) is 4.26. The summed E-state index contributed by atoms with van der Waals surface area (Å²) in [4.78, 5) is 12.3. The number of phenols is 2. The van der Waals surface area contributed by atoms with Crippen molar-refractivity contribution in [1.29, 1.82) is 0 Å². The van der Waals surface area contributed by atoms with Crippen molar-refractivity contribution >= 4 is 5.97 Å². The van der Waals surface area contributed by atoms with Crippen LogP contribution in [0.4, 0.5) is 0 Å². The first-order valence-electron chi connectivity index (χ1n) is 8.86. The topological polar surface area (TPSA) is 66.8 Å². The van der Waals surface area contributed by atoms with E-state index in [1.165, 1.54) is 5.57 Å². The van der Waals surface area contributed by atoms with Gasteiger partial charge >= 0.3 is 5.97 Å². The number of ether oxygens (including phenoxy) is 1. The first kappa shape index (κ1) is 18.1. The summed E-state index contributed by atoms with van der Waals surface area (Å²) in [5, 5.41) is 19.6. The second-order valence-corrected chi connectivity index (χ2v) is 7.09. The van der Waals surface area contributed by atoms with Crippen molar-refractivity contribution in [2.24, 2.45) is 0 Å². The maximum atomic E-state index is 12.3. The van der Waals surface area contributed by atoms with Gasteiger partial charge in [0.25, 0.3) is 0 Å². The summed E-state index contributed by atoms with van der Waals surface area (Å²) in [5.74, 6) is -0.153. The Labute approximate surface area is 153 Å². The van der Waals surface area contributed by atoms with E-state index in [9.17, 15) is 15.0 Å². The summed E-state index contributed by atoms with van der Waals surface area (Å²) in [6.07, 6.45) is 3.75. The molecule has 0 aliphatic carbocycles. The molecule has 2 atom stereocenters. The molecule has 136 valence electrons. The lowest BCUT2D eigenvalue weighted by Crippen LogP contribution is -2.10. The number of allylic oxidation sites excluding steroid dienone is 2. The van der Waals surface area contributed by atoms with Crippen molar-refractivity contribution in [2.45, 2.75) is 45.1 Å². The number of hydrogen-bond donors (Lipinski definition) is 2. The highest BCUT2D eigenvalue weighted by Crippen LogP contribution is 2.34. The van der Waals surface area contributed by atoms with Crippen LogP contribution in [0.1, 0.15) is 42.9 Å². The molecule has 0 unspecified atom stereocenters. The van der Waals surface area contributed by atoms with Gasteiger partial charge in [0.05, 0.1) is 5.92 Å². The zero-order valence-corrected chi connectivity index (χ0v) is 15.1. The van der Waals surface area contributed by atoms with Crippen molar-refractivity contribution in [3.05, 3.63) is 70.8 Å². The van der Waals surface area contributed by atoms with Crippen molar-refractivity contribution in [3.8, 4) is 11.5 Å². The van der Waals surface area contributed by atoms with E-state index in [0.717, 1.165) is 16.7 Å². The Morgan fingerprint density at radius 2 is 1.88 bits per heavy atom. The zero-order chi connectivity index (χ0) is 18.7. The molecule has 0 aromatic heterocycles. The van der Waals surface area contributed by atoms with Crippen molar-refractivity contribution in [2.75, 3.05) is 0 Å². The van der Waals surface area contributed by atoms with Crippen LogP contribution < -0.4 is 0 Å². The molecule has 0 amide bonds. The molecule has 0 spiro atoms. The molecular weight excluding hydrogens is 328 g/mol. The van der Waals surface area contributed by atoms with Crippen LogP contribution in [-0.4, -0.2) is 22.3 Å². The van der Waals surface area contributed by atoms with E-state index in [0.29, 0.717) is 19.3 Å². The maximum Gasteiger partial charge on any atom is 0.313 e. The predicted molar refractivity (Wildman–Crippen MR) is 100 cm³/mol. The molecular formula is C22H24O4. The molecule has 3 rings (SSSR count). The Morgan fingerprint density at radius 3 is 2.54 bits per heavy atom. The molecule has 1 aliphatic rings. The van der Waals surface area contributed by atoms with E-state index in [1.54, 1.807) is 18.2 Å². The average molecular weight is 352 g/mol. The highest BCUT2D eigenvalue weighted by atomic mass is 16.5. The number of hydrogen-bond acceptors (Lipinski definition) is 4. The maximum absolute atomic E-state index is 12.3. The van der Waals surface area contributed by atoms with E-state index in [-0.39, 0.29) is 29.5 Å². The molecule has 1 saturated heterocycles. The minimum Gasteiger partial charge on any atom is -0.508 e. The van der Waals surface area contributed by atoms with E-state index in [4.69, 9.17) is 4.74 Å². The molecule has 4 nitrogen and oxygen atoms in total. The van der Waals surface area contributed by atoms with E-state index >= 15 is 0 Å². The molecule has 4 heteroatoms. The first-order chi connectivity index (χ1) is 12.4. The number of benzene rings is 2. The van der Waals surface area contributed by atoms with Gasteiger partial charge in [0.2, 0.25) is 0 Å². The molecule has 1 heterocycles. The van der Waals surface area contributed by atoms with Gasteiger partial charge < -0.3 is 14.9 Å². The zero-order valence-electron chi connectivity index (χ0n) is 15.1. The summed E-state index contributed by atoms with van der Waals surface area (Å²) in [7, 11) is 0. The molecule has 1 aliphatic heterocycles. The summed E-state index contributed by atoms with van der Waals surface area (Å²) < 4.78 is 5.52. The standard InChI is InChI=1S/C22H24O4/c1-14(2)3-6-16-7-8-17(12-21(16)24)20-13-19(26-22(20)25)11-15-4-9-18(23)10-5-15/h3-5,7-10,12,19-20,23-24H,6,11,13H2,1-2H3/t19-,20-/m0/s1. The highest BCUT2D eigenvalue weighted by molar-refractivity contribution is 5.80. The van der Waals surface area contributed by atoms with Crippen molar-refractivity contribution in [3.63, 3.8) is 0 Å². The predicted octanol–water partition coefficient (Wildman–Crippen LogP) is 4.25. The summed E-state index contributed by atoms with van der Waals surface area (Å²) >= 11 is 0. The Bertz CT molecular complexity index is 817. The fourth-order valence-corrected chi connectivity index (χ4v) is 3.23. The SMILES string of the molecule is CC(C)=CCc1ccc([C@@H]2C[C@H](Cc3ccc(O)cc3)OC2=O)cc1O. The van der Waals surface area contributed by atoms with Crippen LogP contribution in [0.5, 0.6) is 11.5 Å². The van der Waals surface area contributed by atoms with Crippen LogP contribution in [-0.2, 0) is 22.4 Å². The average Bonchev–Trinajstić information content (AvgIpc) is 2.96. The highest BCUT2D eigenvalue weighted by Gasteiger charge is 2.35. The van der Waals surface area contributed by atoms with Gasteiger partial charge in [-0.2, -0.15) is 0 Å². The fraction of sp³-hybridized carbons (Fsp3) is 0.318. The Kier molecular flexibility index (Phi) is 5.31. The molecule has 0 saturated carbocycles. The van der Waals surface area contributed by atoms with Crippen LogP contribution in [0.2, 0.25) is 0 Å². The lowest BCUT2D eigenvalue weighted by atomic mass is 9.92. The number of cyclic esters (lactones) is 1. The molecule has 2 aromatic carbocycles. The molecule has 26 heavy (non-hydrogen) atoms. The Hall–Kier alpha value is -2.75. The van der Waals surface area contributed by atoms with Gasteiger partial charge in [0, 0.05) is 12.8 Å². The first-order valence-corrected chi connectivity index (χ1v) is 8.86. The lowest BCUT2D eigenvalue weighted by molar-refractivity contribution is -0.142. The van der Waals surface area contributed by atoms with Crippen LogP contribution in [0.25, 0.3) is 0 Å². The number of aromatic hydroxyl groups is 2. The van der Waals surface area contributed by atoms with E-state index in [2.05, 4.69) is 6.08 Å². The minimum atomic E-state index is -0.347. The van der Waals surface area contributed by atoms with Gasteiger partial charge in [-0.3, -0.25) is 4.79 Å². The normalized spacial score (nSPS) is 19.2. The van der Waals surface area contributed by atoms with Gasteiger partial charge in [-0.05, 0) is 55.2 Å². The van der Waals surface area contributed by atoms with E-state index < -0.39 is 0 Å². The summed E-state index contributed by atoms with van der Waals surface area (Å²) in [6.45, 7) is 4.04.